The molecule has 0 aliphatic heterocycles. The van der Waals surface area contributed by atoms with Gasteiger partial charge in [-0.3, -0.25) is 4.79 Å². The largest absolute Gasteiger partial charge is 0.375 e. The number of benzene rings is 1. The van der Waals surface area contributed by atoms with Gasteiger partial charge in [0.15, 0.2) is 0 Å². The molecule has 2 N–H and O–H groups in total. The van der Waals surface area contributed by atoms with Gasteiger partial charge < -0.3 is 10.6 Å². The average Bonchev–Trinajstić information content (AvgIpc) is 2.37. The molecule has 0 fully saturated rings. The quantitative estimate of drug-likeness (QED) is 0.831. The van der Waals surface area contributed by atoms with Gasteiger partial charge in [-0.1, -0.05) is 37.6 Å². The first-order valence-corrected chi connectivity index (χ1v) is 6.74. The van der Waals surface area contributed by atoms with Gasteiger partial charge in [-0.05, 0) is 31.4 Å². The van der Waals surface area contributed by atoms with Crippen LogP contribution in [0.2, 0.25) is 5.02 Å². The Balaban J connectivity index is 2.50. The van der Waals surface area contributed by atoms with Gasteiger partial charge in [0.25, 0.3) is 0 Å². The fourth-order valence-electron chi connectivity index (χ4n) is 1.73. The molecule has 0 aliphatic rings. The standard InChI is InChI=1S/C14H21ClN2O/c1-4-11(5-2)17-13(18)9-16-12-8-6-7-10(3)14(12)15/h6-8,11,16H,4-5,9H2,1-3H3,(H,17,18). The van der Waals surface area contributed by atoms with Gasteiger partial charge in [0.05, 0.1) is 17.3 Å². The molecule has 0 aliphatic carbocycles. The van der Waals surface area contributed by atoms with Crippen LogP contribution in [0, 0.1) is 6.92 Å². The van der Waals surface area contributed by atoms with E-state index in [9.17, 15) is 4.79 Å². The summed E-state index contributed by atoms with van der Waals surface area (Å²) in [4.78, 5) is 11.7. The predicted molar refractivity (Wildman–Crippen MR) is 77.2 cm³/mol. The third kappa shape index (κ3) is 4.22. The minimum atomic E-state index is 0.00118. The van der Waals surface area contributed by atoms with Crippen molar-refractivity contribution in [3.63, 3.8) is 0 Å². The van der Waals surface area contributed by atoms with Gasteiger partial charge >= 0.3 is 0 Å². The lowest BCUT2D eigenvalue weighted by Gasteiger charge is -2.15. The normalized spacial score (nSPS) is 10.5. The Morgan fingerprint density at radius 1 is 1.33 bits per heavy atom. The summed E-state index contributed by atoms with van der Waals surface area (Å²) in [5.41, 5.74) is 1.80. The van der Waals surface area contributed by atoms with Crippen molar-refractivity contribution in [2.75, 3.05) is 11.9 Å². The molecule has 3 nitrogen and oxygen atoms in total. The summed E-state index contributed by atoms with van der Waals surface area (Å²) in [6.45, 7) is 6.33. The SMILES string of the molecule is CCC(CC)NC(=O)CNc1cccc(C)c1Cl. The van der Waals surface area contributed by atoms with E-state index in [1.54, 1.807) is 0 Å². The minimum absolute atomic E-state index is 0.00118. The molecule has 18 heavy (non-hydrogen) atoms. The van der Waals surface area contributed by atoms with Crippen molar-refractivity contribution in [3.05, 3.63) is 28.8 Å². The Morgan fingerprint density at radius 3 is 2.61 bits per heavy atom. The third-order valence-corrected chi connectivity index (χ3v) is 3.48. The number of halogens is 1. The van der Waals surface area contributed by atoms with Gasteiger partial charge in [0.1, 0.15) is 0 Å². The highest BCUT2D eigenvalue weighted by molar-refractivity contribution is 6.34. The van der Waals surface area contributed by atoms with Crippen molar-refractivity contribution >= 4 is 23.2 Å². The number of hydrogen-bond donors (Lipinski definition) is 2. The van der Waals surface area contributed by atoms with Gasteiger partial charge in [0, 0.05) is 6.04 Å². The molecule has 0 spiro atoms. The summed E-state index contributed by atoms with van der Waals surface area (Å²) < 4.78 is 0. The van der Waals surface area contributed by atoms with Crippen LogP contribution < -0.4 is 10.6 Å². The van der Waals surface area contributed by atoms with Crippen LogP contribution in [0.1, 0.15) is 32.3 Å². The molecule has 0 unspecified atom stereocenters. The van der Waals surface area contributed by atoms with Gasteiger partial charge in [-0.2, -0.15) is 0 Å². The Bertz CT molecular complexity index is 403. The smallest absolute Gasteiger partial charge is 0.239 e. The average molecular weight is 269 g/mol. The van der Waals surface area contributed by atoms with Crippen molar-refractivity contribution in [1.29, 1.82) is 0 Å². The van der Waals surface area contributed by atoms with E-state index in [2.05, 4.69) is 24.5 Å². The van der Waals surface area contributed by atoms with Crippen LogP contribution >= 0.6 is 11.6 Å². The second kappa shape index (κ2) is 7.27. The van der Waals surface area contributed by atoms with E-state index in [1.807, 2.05) is 25.1 Å². The molecule has 0 saturated heterocycles. The lowest BCUT2D eigenvalue weighted by Crippen LogP contribution is -2.37. The number of carbonyl (C=O) groups excluding carboxylic acids is 1. The number of hydrogen-bond acceptors (Lipinski definition) is 2. The van der Waals surface area contributed by atoms with Gasteiger partial charge in [-0.25, -0.2) is 0 Å². The van der Waals surface area contributed by atoms with Crippen molar-refractivity contribution < 1.29 is 4.79 Å². The molecule has 1 aromatic carbocycles. The Morgan fingerprint density at radius 2 is 2.00 bits per heavy atom. The summed E-state index contributed by atoms with van der Waals surface area (Å²) in [7, 11) is 0. The van der Waals surface area contributed by atoms with Crippen LogP contribution in [0.4, 0.5) is 5.69 Å². The van der Waals surface area contributed by atoms with E-state index in [1.165, 1.54) is 0 Å². The van der Waals surface area contributed by atoms with Crippen LogP contribution in [0.15, 0.2) is 18.2 Å². The Kier molecular flexibility index (Phi) is 5.99. The molecule has 4 heteroatoms. The van der Waals surface area contributed by atoms with Gasteiger partial charge in [-0.15, -0.1) is 0 Å². The Labute approximate surface area is 114 Å². The molecule has 1 rings (SSSR count). The minimum Gasteiger partial charge on any atom is -0.375 e. The zero-order valence-electron chi connectivity index (χ0n) is 11.2. The molecule has 1 aromatic rings. The summed E-state index contributed by atoms with van der Waals surface area (Å²) >= 11 is 6.14. The molecule has 0 heterocycles. The summed E-state index contributed by atoms with van der Waals surface area (Å²) in [6.07, 6.45) is 1.90. The van der Waals surface area contributed by atoms with Gasteiger partial charge in [0.2, 0.25) is 5.91 Å². The highest BCUT2D eigenvalue weighted by Crippen LogP contribution is 2.24. The summed E-state index contributed by atoms with van der Waals surface area (Å²) in [6, 6.07) is 5.99. The molecule has 0 radical (unpaired) electrons. The fraction of sp³-hybridized carbons (Fsp3) is 0.500. The van der Waals surface area contributed by atoms with Crippen LogP contribution in [0.5, 0.6) is 0 Å². The number of anilines is 1. The lowest BCUT2D eigenvalue weighted by molar-refractivity contribution is -0.120. The first kappa shape index (κ1) is 14.8. The predicted octanol–water partition coefficient (Wildman–Crippen LogP) is 3.37. The second-order valence-corrected chi connectivity index (χ2v) is 4.75. The number of amides is 1. The maximum absolute atomic E-state index is 11.7. The van der Waals surface area contributed by atoms with Crippen LogP contribution in [-0.4, -0.2) is 18.5 Å². The highest BCUT2D eigenvalue weighted by Gasteiger charge is 2.09. The zero-order chi connectivity index (χ0) is 13.5. The van der Waals surface area contributed by atoms with E-state index in [0.717, 1.165) is 24.1 Å². The molecule has 0 atom stereocenters. The number of aryl methyl sites for hydroxylation is 1. The van der Waals surface area contributed by atoms with Crippen molar-refractivity contribution in [1.82, 2.24) is 5.32 Å². The van der Waals surface area contributed by atoms with E-state index >= 15 is 0 Å². The van der Waals surface area contributed by atoms with E-state index in [4.69, 9.17) is 11.6 Å². The highest BCUT2D eigenvalue weighted by atomic mass is 35.5. The molecule has 0 bridgehead atoms. The third-order valence-electron chi connectivity index (χ3n) is 2.98. The van der Waals surface area contributed by atoms with E-state index in [0.29, 0.717) is 5.02 Å². The van der Waals surface area contributed by atoms with Crippen molar-refractivity contribution in [2.45, 2.75) is 39.7 Å². The topological polar surface area (TPSA) is 41.1 Å². The Hall–Kier alpha value is -1.22. The zero-order valence-corrected chi connectivity index (χ0v) is 12.0. The first-order valence-electron chi connectivity index (χ1n) is 6.36. The first-order chi connectivity index (χ1) is 8.58. The molecular weight excluding hydrogens is 248 g/mol. The molecule has 1 amide bonds. The van der Waals surface area contributed by atoms with Crippen LogP contribution in [-0.2, 0) is 4.79 Å². The second-order valence-electron chi connectivity index (χ2n) is 4.37. The van der Waals surface area contributed by atoms with Crippen molar-refractivity contribution in [2.24, 2.45) is 0 Å². The number of carbonyl (C=O) groups is 1. The summed E-state index contributed by atoms with van der Waals surface area (Å²) in [5, 5.41) is 6.71. The molecule has 0 aromatic heterocycles. The van der Waals surface area contributed by atoms with Crippen LogP contribution in [0.25, 0.3) is 0 Å². The van der Waals surface area contributed by atoms with Crippen LogP contribution in [0.3, 0.4) is 0 Å². The summed E-state index contributed by atoms with van der Waals surface area (Å²) in [5.74, 6) is 0.00118. The fourth-order valence-corrected chi connectivity index (χ4v) is 1.92. The maximum atomic E-state index is 11.7. The van der Waals surface area contributed by atoms with E-state index in [-0.39, 0.29) is 18.5 Å². The number of nitrogens with one attached hydrogen (secondary N) is 2. The molecular formula is C14H21ClN2O. The number of rotatable bonds is 6. The lowest BCUT2D eigenvalue weighted by atomic mass is 10.2. The monoisotopic (exact) mass is 268 g/mol. The van der Waals surface area contributed by atoms with E-state index < -0.39 is 0 Å². The maximum Gasteiger partial charge on any atom is 0.239 e. The van der Waals surface area contributed by atoms with Crippen molar-refractivity contribution in [3.8, 4) is 0 Å². The molecule has 100 valence electrons. The molecule has 0 saturated carbocycles.